The molecule has 1 atom stereocenters. The number of hydrogen-bond acceptors (Lipinski definition) is 4. The molecule has 1 N–H and O–H groups in total. The Morgan fingerprint density at radius 1 is 1.29 bits per heavy atom. The van der Waals surface area contributed by atoms with Gasteiger partial charge in [-0.1, -0.05) is 6.07 Å². The first-order chi connectivity index (χ1) is 11.6. The van der Waals surface area contributed by atoms with Gasteiger partial charge in [0.05, 0.1) is 6.04 Å². The lowest BCUT2D eigenvalue weighted by Crippen LogP contribution is -2.55. The first-order valence-corrected chi connectivity index (χ1v) is 9.86. The Labute approximate surface area is 148 Å². The van der Waals surface area contributed by atoms with Crippen LogP contribution in [0.3, 0.4) is 0 Å². The zero-order valence-electron chi connectivity index (χ0n) is 14.4. The summed E-state index contributed by atoms with van der Waals surface area (Å²) in [7, 11) is 0. The molecule has 5 nitrogen and oxygen atoms in total. The lowest BCUT2D eigenvalue weighted by Gasteiger charge is -2.37. The van der Waals surface area contributed by atoms with E-state index in [0.717, 1.165) is 51.9 Å². The number of hydrogen-bond donors (Lipinski definition) is 1. The molecule has 1 unspecified atom stereocenters. The van der Waals surface area contributed by atoms with Gasteiger partial charge < -0.3 is 10.2 Å². The molecule has 6 heteroatoms. The minimum Gasteiger partial charge on any atom is -0.352 e. The summed E-state index contributed by atoms with van der Waals surface area (Å²) in [6.45, 7) is 5.01. The molecule has 24 heavy (non-hydrogen) atoms. The van der Waals surface area contributed by atoms with Crippen molar-refractivity contribution in [3.63, 3.8) is 0 Å². The molecule has 1 aromatic heterocycles. The standard InChI is InChI=1S/C18H27N3O2S/c1-14(18(23)19-15-7-8-15)20-9-11-21(12-10-20)17(22)6-2-4-16-5-3-13-24-16/h3,5,13-15H,2,4,6-12H2,1H3,(H,19,23). The third kappa shape index (κ3) is 4.80. The zero-order chi connectivity index (χ0) is 16.9. The summed E-state index contributed by atoms with van der Waals surface area (Å²) in [5.74, 6) is 0.384. The van der Waals surface area contributed by atoms with Gasteiger partial charge in [0, 0.05) is 43.5 Å². The highest BCUT2D eigenvalue weighted by atomic mass is 32.1. The minimum atomic E-state index is -0.0957. The molecular weight excluding hydrogens is 322 g/mol. The summed E-state index contributed by atoms with van der Waals surface area (Å²) in [6, 6.07) is 4.50. The topological polar surface area (TPSA) is 52.7 Å². The van der Waals surface area contributed by atoms with Crippen molar-refractivity contribution in [3.05, 3.63) is 22.4 Å². The molecule has 1 aliphatic heterocycles. The van der Waals surface area contributed by atoms with Crippen LogP contribution in [0.2, 0.25) is 0 Å². The number of piperazine rings is 1. The highest BCUT2D eigenvalue weighted by molar-refractivity contribution is 7.09. The molecule has 1 aliphatic carbocycles. The van der Waals surface area contributed by atoms with Crippen LogP contribution in [0.25, 0.3) is 0 Å². The molecule has 0 aromatic carbocycles. The Morgan fingerprint density at radius 3 is 2.67 bits per heavy atom. The van der Waals surface area contributed by atoms with Crippen LogP contribution < -0.4 is 5.32 Å². The van der Waals surface area contributed by atoms with Gasteiger partial charge in [0.25, 0.3) is 0 Å². The number of carbonyl (C=O) groups excluding carboxylic acids is 2. The molecule has 2 fully saturated rings. The molecule has 0 spiro atoms. The van der Waals surface area contributed by atoms with E-state index in [1.807, 2.05) is 11.8 Å². The maximum absolute atomic E-state index is 12.3. The second-order valence-electron chi connectivity index (χ2n) is 6.81. The van der Waals surface area contributed by atoms with Crippen LogP contribution in [0, 0.1) is 0 Å². The predicted molar refractivity (Wildman–Crippen MR) is 96.0 cm³/mol. The van der Waals surface area contributed by atoms with Crippen molar-refractivity contribution in [2.45, 2.75) is 51.1 Å². The molecule has 3 rings (SSSR count). The minimum absolute atomic E-state index is 0.0957. The van der Waals surface area contributed by atoms with Gasteiger partial charge in [-0.25, -0.2) is 0 Å². The van der Waals surface area contributed by atoms with Gasteiger partial charge in [-0.15, -0.1) is 11.3 Å². The highest BCUT2D eigenvalue weighted by Gasteiger charge is 2.30. The number of nitrogens with zero attached hydrogens (tertiary/aromatic N) is 2. The van der Waals surface area contributed by atoms with Gasteiger partial charge in [0.2, 0.25) is 11.8 Å². The summed E-state index contributed by atoms with van der Waals surface area (Å²) in [5.41, 5.74) is 0. The average Bonchev–Trinajstić information content (AvgIpc) is 3.26. The molecule has 0 radical (unpaired) electrons. The van der Waals surface area contributed by atoms with Gasteiger partial charge >= 0.3 is 0 Å². The summed E-state index contributed by atoms with van der Waals surface area (Å²) in [4.78, 5) is 29.9. The van der Waals surface area contributed by atoms with Crippen molar-refractivity contribution < 1.29 is 9.59 Å². The van der Waals surface area contributed by atoms with Gasteiger partial charge in [-0.2, -0.15) is 0 Å². The smallest absolute Gasteiger partial charge is 0.237 e. The van der Waals surface area contributed by atoms with Gasteiger partial charge in [-0.3, -0.25) is 14.5 Å². The van der Waals surface area contributed by atoms with Crippen molar-refractivity contribution in [2.24, 2.45) is 0 Å². The van der Waals surface area contributed by atoms with Crippen molar-refractivity contribution >= 4 is 23.2 Å². The molecule has 0 bridgehead atoms. The Balaban J connectivity index is 1.36. The highest BCUT2D eigenvalue weighted by Crippen LogP contribution is 2.19. The van der Waals surface area contributed by atoms with Gasteiger partial charge in [-0.05, 0) is 44.1 Å². The number of rotatable bonds is 7. The maximum Gasteiger partial charge on any atom is 0.237 e. The quantitative estimate of drug-likeness (QED) is 0.818. The Hall–Kier alpha value is -1.40. The zero-order valence-corrected chi connectivity index (χ0v) is 15.2. The Bertz CT molecular complexity index is 549. The van der Waals surface area contributed by atoms with E-state index in [9.17, 15) is 9.59 Å². The Morgan fingerprint density at radius 2 is 2.04 bits per heavy atom. The van der Waals surface area contributed by atoms with Crippen molar-refractivity contribution in [3.8, 4) is 0 Å². The SMILES string of the molecule is CC(C(=O)NC1CC1)N1CCN(C(=O)CCCc2cccs2)CC1. The van der Waals surface area contributed by atoms with Crippen LogP contribution in [-0.2, 0) is 16.0 Å². The van der Waals surface area contributed by atoms with E-state index >= 15 is 0 Å². The second-order valence-corrected chi connectivity index (χ2v) is 7.84. The fourth-order valence-corrected chi connectivity index (χ4v) is 3.85. The van der Waals surface area contributed by atoms with Crippen LogP contribution in [0.5, 0.6) is 0 Å². The van der Waals surface area contributed by atoms with E-state index in [-0.39, 0.29) is 17.9 Å². The van der Waals surface area contributed by atoms with E-state index in [1.54, 1.807) is 11.3 Å². The van der Waals surface area contributed by atoms with E-state index in [1.165, 1.54) is 4.88 Å². The summed E-state index contributed by atoms with van der Waals surface area (Å²) in [5, 5.41) is 5.15. The first-order valence-electron chi connectivity index (χ1n) is 8.98. The van der Waals surface area contributed by atoms with E-state index in [2.05, 4.69) is 27.7 Å². The third-order valence-electron chi connectivity index (χ3n) is 4.91. The molecule has 2 heterocycles. The van der Waals surface area contributed by atoms with Gasteiger partial charge in [0.15, 0.2) is 0 Å². The molecule has 1 aromatic rings. The molecule has 2 aliphatic rings. The molecule has 1 saturated carbocycles. The molecule has 1 saturated heterocycles. The van der Waals surface area contributed by atoms with E-state index in [0.29, 0.717) is 12.5 Å². The Kier molecular flexibility index (Phi) is 5.89. The maximum atomic E-state index is 12.3. The van der Waals surface area contributed by atoms with Crippen LogP contribution in [0.4, 0.5) is 0 Å². The third-order valence-corrected chi connectivity index (χ3v) is 5.85. The van der Waals surface area contributed by atoms with Crippen LogP contribution >= 0.6 is 11.3 Å². The van der Waals surface area contributed by atoms with Crippen molar-refractivity contribution in [1.29, 1.82) is 0 Å². The summed E-state index contributed by atoms with van der Waals surface area (Å²) < 4.78 is 0. The predicted octanol–water partition coefficient (Wildman–Crippen LogP) is 1.88. The van der Waals surface area contributed by atoms with Crippen LogP contribution in [0.1, 0.15) is 37.5 Å². The lowest BCUT2D eigenvalue weighted by molar-refractivity contribution is -0.134. The number of thiophene rings is 1. The second kappa shape index (κ2) is 8.12. The average molecular weight is 350 g/mol. The largest absolute Gasteiger partial charge is 0.352 e. The van der Waals surface area contributed by atoms with Crippen molar-refractivity contribution in [1.82, 2.24) is 15.1 Å². The van der Waals surface area contributed by atoms with E-state index < -0.39 is 0 Å². The monoisotopic (exact) mass is 349 g/mol. The number of carbonyl (C=O) groups is 2. The number of nitrogens with one attached hydrogen (secondary N) is 1. The number of amides is 2. The fraction of sp³-hybridized carbons (Fsp3) is 0.667. The molecule has 132 valence electrons. The first kappa shape index (κ1) is 17.4. The van der Waals surface area contributed by atoms with Crippen molar-refractivity contribution in [2.75, 3.05) is 26.2 Å². The number of aryl methyl sites for hydroxylation is 1. The molecular formula is C18H27N3O2S. The lowest BCUT2D eigenvalue weighted by atomic mass is 10.1. The summed E-state index contributed by atoms with van der Waals surface area (Å²) in [6.07, 6.45) is 4.76. The molecule has 2 amide bonds. The summed E-state index contributed by atoms with van der Waals surface area (Å²) >= 11 is 1.76. The van der Waals surface area contributed by atoms with Gasteiger partial charge in [0.1, 0.15) is 0 Å². The fourth-order valence-electron chi connectivity index (χ4n) is 3.10. The van der Waals surface area contributed by atoms with Crippen LogP contribution in [-0.4, -0.2) is 59.9 Å². The normalized spacial score (nSPS) is 20.0. The van der Waals surface area contributed by atoms with E-state index in [4.69, 9.17) is 0 Å². The van der Waals surface area contributed by atoms with Crippen LogP contribution in [0.15, 0.2) is 17.5 Å².